The van der Waals surface area contributed by atoms with Gasteiger partial charge in [0.2, 0.25) is 0 Å². The minimum Gasteiger partial charge on any atom is -0.455 e. The Bertz CT molecular complexity index is 2740. The molecule has 344 valence electrons. The fourth-order valence-corrected chi connectivity index (χ4v) is 10.1. The molecule has 4 heterocycles. The van der Waals surface area contributed by atoms with E-state index in [1.165, 1.54) is 30.5 Å². The zero-order valence-corrected chi connectivity index (χ0v) is 36.9. The smallest absolute Gasteiger partial charge is 0.419 e. The van der Waals surface area contributed by atoms with Gasteiger partial charge in [0.25, 0.3) is 5.69 Å². The summed E-state index contributed by atoms with van der Waals surface area (Å²) in [6.45, 7) is 8.85. The minimum absolute atomic E-state index is 0.00577. The first-order chi connectivity index (χ1) is 30.9. The topological polar surface area (TPSA) is 160 Å². The lowest BCUT2D eigenvalue weighted by molar-refractivity contribution is -0.384. The number of Topliss-reactive ketones (excluding diaryl/α,β-unsaturated/α-hetero) is 1. The number of alkyl halides is 3. The lowest BCUT2D eigenvalue weighted by atomic mass is 9.72. The summed E-state index contributed by atoms with van der Waals surface area (Å²) in [7, 11) is -4.37. The molecule has 0 radical (unpaired) electrons. The Balaban J connectivity index is 1.00. The third kappa shape index (κ3) is 10.7. The van der Waals surface area contributed by atoms with Gasteiger partial charge < -0.3 is 24.7 Å². The van der Waals surface area contributed by atoms with Crippen LogP contribution in [0.15, 0.2) is 89.6 Å². The lowest BCUT2D eigenvalue weighted by Gasteiger charge is -2.39. The van der Waals surface area contributed by atoms with Crippen LogP contribution in [-0.2, 0) is 20.8 Å². The van der Waals surface area contributed by atoms with Crippen molar-refractivity contribution in [2.45, 2.75) is 57.0 Å². The van der Waals surface area contributed by atoms with Gasteiger partial charge in [-0.05, 0) is 103 Å². The molecule has 0 spiro atoms. The van der Waals surface area contributed by atoms with Crippen molar-refractivity contribution in [1.29, 1.82) is 0 Å². The van der Waals surface area contributed by atoms with Crippen LogP contribution in [-0.4, -0.2) is 92.2 Å². The number of allylic oxidation sites excluding steroid dienone is 1. The molecule has 5 aromatic rings. The SMILES string of the molecule is CC1(C)CCC(CN2CCN(c3ccc(C(=O)CS(=O)(=O)c4ccc(NCC5CCOCC5)c([N+](=O)[O-])c4)c(Oc4cnc5[nH]ccc5c4)c3)CC2)=C(c2ccc(C(F)(F)F)c(F)c2)C1. The highest BCUT2D eigenvalue weighted by atomic mass is 32.2. The molecule has 2 N–H and O–H groups in total. The summed E-state index contributed by atoms with van der Waals surface area (Å²) >= 11 is 0. The zero-order chi connectivity index (χ0) is 46.1. The number of carbonyl (C=O) groups excluding carboxylic acids is 1. The molecule has 2 fully saturated rings. The quantitative estimate of drug-likeness (QED) is 0.0473. The Morgan fingerprint density at radius 3 is 2.52 bits per heavy atom. The number of hydrogen-bond acceptors (Lipinski definition) is 11. The Labute approximate surface area is 373 Å². The number of nitro groups is 1. The van der Waals surface area contributed by atoms with Crippen molar-refractivity contribution in [3.05, 3.63) is 117 Å². The number of nitro benzene ring substituents is 1. The second-order valence-corrected chi connectivity index (χ2v) is 19.8. The van der Waals surface area contributed by atoms with Crippen molar-refractivity contribution < 1.29 is 45.2 Å². The van der Waals surface area contributed by atoms with E-state index in [1.807, 2.05) is 6.07 Å². The summed E-state index contributed by atoms with van der Waals surface area (Å²) < 4.78 is 94.2. The number of pyridine rings is 1. The molecule has 2 aromatic heterocycles. The lowest BCUT2D eigenvalue weighted by Crippen LogP contribution is -2.47. The highest BCUT2D eigenvalue weighted by Gasteiger charge is 2.36. The molecule has 3 aliphatic rings. The molecule has 18 heteroatoms. The number of aromatic nitrogens is 2. The highest BCUT2D eigenvalue weighted by molar-refractivity contribution is 7.92. The second-order valence-electron chi connectivity index (χ2n) is 17.8. The Kier molecular flexibility index (Phi) is 13.1. The van der Waals surface area contributed by atoms with Crippen LogP contribution in [0.2, 0.25) is 0 Å². The number of carbonyl (C=O) groups is 1. The largest absolute Gasteiger partial charge is 0.455 e. The van der Waals surface area contributed by atoms with Crippen molar-refractivity contribution >= 4 is 49.3 Å². The molecule has 3 aromatic carbocycles. The Hall–Kier alpha value is -5.85. The summed E-state index contributed by atoms with van der Waals surface area (Å²) in [5, 5.41) is 15.9. The number of ketones is 1. The van der Waals surface area contributed by atoms with Crippen LogP contribution in [0.3, 0.4) is 0 Å². The molecule has 2 aliphatic heterocycles. The van der Waals surface area contributed by atoms with E-state index in [2.05, 4.69) is 38.9 Å². The summed E-state index contributed by atoms with van der Waals surface area (Å²) in [4.78, 5) is 36.9. The number of nitrogens with one attached hydrogen (secondary N) is 2. The van der Waals surface area contributed by atoms with E-state index in [0.717, 1.165) is 60.4 Å². The standard InChI is InChI=1S/C47H50F4N6O7S/c1-46(2)13-9-33(38(25-46)31-3-7-39(40(48)22-31)47(49,50)51)28-55-15-17-56(18-16-55)34-4-6-37(44(23-34)64-35-21-32-10-14-52-45(32)54-27-35)43(58)29-65(61,62)36-5-8-41(42(24-36)57(59)60)53-26-30-11-19-63-20-12-30/h3-8,10,14,21-24,27,30,53H,9,11-13,15-20,25-26,28-29H2,1-2H3,(H,52,54). The van der Waals surface area contributed by atoms with Gasteiger partial charge in [-0.3, -0.25) is 19.8 Å². The van der Waals surface area contributed by atoms with E-state index in [4.69, 9.17) is 9.47 Å². The second kappa shape index (κ2) is 18.6. The van der Waals surface area contributed by atoms with Gasteiger partial charge in [-0.2, -0.15) is 13.2 Å². The van der Waals surface area contributed by atoms with Crippen LogP contribution >= 0.6 is 0 Å². The monoisotopic (exact) mass is 918 g/mol. The average Bonchev–Trinajstić information content (AvgIpc) is 3.74. The molecular formula is C47H50F4N6O7S. The van der Waals surface area contributed by atoms with Crippen LogP contribution < -0.4 is 15.0 Å². The number of rotatable bonds is 14. The van der Waals surface area contributed by atoms with Crippen molar-refractivity contribution in [1.82, 2.24) is 14.9 Å². The molecule has 2 saturated heterocycles. The van der Waals surface area contributed by atoms with Gasteiger partial charge in [-0.15, -0.1) is 0 Å². The van der Waals surface area contributed by atoms with E-state index in [9.17, 15) is 40.9 Å². The number of anilines is 2. The molecule has 0 atom stereocenters. The molecule has 0 saturated carbocycles. The maximum Gasteiger partial charge on any atom is 0.419 e. The number of halogens is 4. The Morgan fingerprint density at radius 1 is 1.03 bits per heavy atom. The number of piperazine rings is 1. The molecule has 0 amide bonds. The van der Waals surface area contributed by atoms with Gasteiger partial charge in [-0.1, -0.05) is 25.5 Å². The molecule has 0 bridgehead atoms. The number of fused-ring (bicyclic) bond motifs is 1. The van der Waals surface area contributed by atoms with Gasteiger partial charge in [0.1, 0.15) is 34.4 Å². The first-order valence-corrected chi connectivity index (χ1v) is 23.2. The zero-order valence-electron chi connectivity index (χ0n) is 36.0. The van der Waals surface area contributed by atoms with Gasteiger partial charge >= 0.3 is 6.18 Å². The number of benzene rings is 3. The fourth-order valence-electron chi connectivity index (χ4n) is 8.85. The summed E-state index contributed by atoms with van der Waals surface area (Å²) in [6, 6.07) is 15.3. The maximum atomic E-state index is 14.8. The van der Waals surface area contributed by atoms with E-state index >= 15 is 0 Å². The third-order valence-corrected chi connectivity index (χ3v) is 14.2. The van der Waals surface area contributed by atoms with Gasteiger partial charge in [0, 0.05) is 81.9 Å². The summed E-state index contributed by atoms with van der Waals surface area (Å²) in [6.07, 6.45) is 2.26. The number of aromatic amines is 1. The first-order valence-electron chi connectivity index (χ1n) is 21.6. The average molecular weight is 919 g/mol. The van der Waals surface area contributed by atoms with E-state index < -0.39 is 49.5 Å². The van der Waals surface area contributed by atoms with Gasteiger partial charge in [0.05, 0.1) is 27.1 Å². The van der Waals surface area contributed by atoms with E-state index in [1.54, 1.807) is 24.4 Å². The van der Waals surface area contributed by atoms with Crippen LogP contribution in [0, 0.1) is 27.3 Å². The number of ether oxygens (including phenoxy) is 2. The predicted octanol–water partition coefficient (Wildman–Crippen LogP) is 9.70. The molecule has 13 nitrogen and oxygen atoms in total. The first kappa shape index (κ1) is 45.7. The van der Waals surface area contributed by atoms with Crippen LogP contribution in [0.1, 0.15) is 67.4 Å². The fraction of sp³-hybridized carbons (Fsp3) is 0.404. The number of H-pyrrole nitrogens is 1. The number of hydrogen-bond donors (Lipinski definition) is 2. The number of nitrogens with zero attached hydrogens (tertiary/aromatic N) is 4. The van der Waals surface area contributed by atoms with Crippen LogP contribution in [0.25, 0.3) is 16.6 Å². The summed E-state index contributed by atoms with van der Waals surface area (Å²) in [5.74, 6) is -2.38. The van der Waals surface area contributed by atoms with Crippen molar-refractivity contribution in [2.24, 2.45) is 11.3 Å². The summed E-state index contributed by atoms with van der Waals surface area (Å²) in [5.41, 5.74) is 2.12. The molecule has 65 heavy (non-hydrogen) atoms. The minimum atomic E-state index is -4.79. The predicted molar refractivity (Wildman–Crippen MR) is 239 cm³/mol. The molecular weight excluding hydrogens is 869 g/mol. The van der Waals surface area contributed by atoms with E-state index in [0.29, 0.717) is 81.6 Å². The molecule has 8 rings (SSSR count). The third-order valence-electron chi connectivity index (χ3n) is 12.6. The maximum absolute atomic E-state index is 14.8. The molecule has 0 unspecified atom stereocenters. The Morgan fingerprint density at radius 2 is 1.80 bits per heavy atom. The van der Waals surface area contributed by atoms with Crippen molar-refractivity contribution in [2.75, 3.05) is 68.5 Å². The van der Waals surface area contributed by atoms with E-state index in [-0.39, 0.29) is 33.2 Å². The van der Waals surface area contributed by atoms with Gasteiger partial charge in [-0.25, -0.2) is 17.8 Å². The van der Waals surface area contributed by atoms with Crippen molar-refractivity contribution in [3.8, 4) is 11.5 Å². The van der Waals surface area contributed by atoms with Gasteiger partial charge in [0.15, 0.2) is 15.6 Å². The molecule has 1 aliphatic carbocycles. The van der Waals surface area contributed by atoms with Crippen LogP contribution in [0.4, 0.5) is 34.6 Å². The number of sulfone groups is 1. The van der Waals surface area contributed by atoms with Crippen LogP contribution in [0.5, 0.6) is 11.5 Å². The van der Waals surface area contributed by atoms with Crippen molar-refractivity contribution in [3.63, 3.8) is 0 Å². The highest BCUT2D eigenvalue weighted by Crippen LogP contribution is 2.44. The normalized spacial score (nSPS) is 17.7.